The van der Waals surface area contributed by atoms with Crippen LogP contribution in [-0.2, 0) is 21.9 Å². The Bertz CT molecular complexity index is 530. The van der Waals surface area contributed by atoms with Gasteiger partial charge in [-0.2, -0.15) is 0 Å². The van der Waals surface area contributed by atoms with Gasteiger partial charge in [0.15, 0.2) is 0 Å². The first-order valence-corrected chi connectivity index (χ1v) is 14.8. The summed E-state index contributed by atoms with van der Waals surface area (Å²) in [6.45, 7) is 8.49. The van der Waals surface area contributed by atoms with E-state index in [4.69, 9.17) is 20.4 Å². The van der Waals surface area contributed by atoms with Gasteiger partial charge in [-0.05, 0) is 39.3 Å². The second kappa shape index (κ2) is 40.4. The van der Waals surface area contributed by atoms with Gasteiger partial charge in [0.1, 0.15) is 0 Å². The van der Waals surface area contributed by atoms with Crippen molar-refractivity contribution in [1.29, 1.82) is 0 Å². The standard InChI is InChI=1S/C18H36O2.C9H13NO.2C2H6O.Cu/c1-2-3-4-5-6-7-8-9-10-11-12-13-14-15-16-17-18(19)20;1-8(11)7-10-9-5-3-2-4-6-9;2*1-2-3;/h2-17H2,1H3,(H,19,20);2-6,8,10-11H,7H2,1H3;2*3H,2H2,1H3;. The third-order valence-electron chi connectivity index (χ3n) is 5.37. The van der Waals surface area contributed by atoms with Gasteiger partial charge in [-0.25, -0.2) is 0 Å². The first kappa shape index (κ1) is 43.9. The average Bonchev–Trinajstić information content (AvgIpc) is 2.87. The van der Waals surface area contributed by atoms with E-state index < -0.39 is 5.97 Å². The molecule has 38 heavy (non-hydrogen) atoms. The monoisotopic (exact) mass is 590 g/mol. The van der Waals surface area contributed by atoms with Crippen molar-refractivity contribution in [2.24, 2.45) is 0 Å². The molecule has 0 amide bonds. The zero-order valence-corrected chi connectivity index (χ0v) is 25.8. The number of carboxylic acid groups (broad SMARTS) is 1. The summed E-state index contributed by atoms with van der Waals surface area (Å²) >= 11 is 0. The fourth-order valence-electron chi connectivity index (χ4n) is 3.47. The molecule has 7 heteroatoms. The van der Waals surface area contributed by atoms with Crippen LogP contribution in [0.2, 0.25) is 0 Å². The molecule has 1 aromatic rings. The molecule has 1 rings (SSSR count). The number of aliphatic hydroxyl groups excluding tert-OH is 3. The molecule has 0 aromatic heterocycles. The van der Waals surface area contributed by atoms with E-state index >= 15 is 0 Å². The summed E-state index contributed by atoms with van der Waals surface area (Å²) in [6, 6.07) is 9.84. The summed E-state index contributed by atoms with van der Waals surface area (Å²) in [7, 11) is 0. The number of aliphatic carboxylic acids is 1. The summed E-state index contributed by atoms with van der Waals surface area (Å²) < 4.78 is 0. The number of nitrogens with one attached hydrogen (secondary N) is 1. The van der Waals surface area contributed by atoms with Crippen LogP contribution in [0.1, 0.15) is 130 Å². The molecule has 0 aliphatic rings. The molecule has 1 aromatic carbocycles. The number of carbonyl (C=O) groups is 1. The number of hydrogen-bond donors (Lipinski definition) is 5. The van der Waals surface area contributed by atoms with Crippen molar-refractivity contribution < 1.29 is 42.3 Å². The average molecular weight is 591 g/mol. The number of hydrogen-bond acceptors (Lipinski definition) is 5. The molecule has 231 valence electrons. The molecule has 0 bridgehead atoms. The molecule has 0 saturated heterocycles. The van der Waals surface area contributed by atoms with Gasteiger partial charge in [0.2, 0.25) is 0 Å². The summed E-state index contributed by atoms with van der Waals surface area (Å²) in [5, 5.41) is 35.7. The van der Waals surface area contributed by atoms with Crippen LogP contribution in [0.3, 0.4) is 0 Å². The molecule has 0 saturated carbocycles. The van der Waals surface area contributed by atoms with Crippen LogP contribution in [0.5, 0.6) is 0 Å². The van der Waals surface area contributed by atoms with Crippen molar-refractivity contribution in [3.05, 3.63) is 30.3 Å². The van der Waals surface area contributed by atoms with E-state index in [9.17, 15) is 4.79 Å². The topological polar surface area (TPSA) is 110 Å². The zero-order chi connectivity index (χ0) is 28.4. The number of carboxylic acids is 1. The number of para-hydroxylation sites is 1. The number of aliphatic hydroxyl groups is 3. The molecule has 0 aliphatic heterocycles. The van der Waals surface area contributed by atoms with Crippen LogP contribution in [0.25, 0.3) is 0 Å². The van der Waals surface area contributed by atoms with Gasteiger partial charge in [-0.15, -0.1) is 0 Å². The third kappa shape index (κ3) is 48.0. The molecule has 1 atom stereocenters. The molecule has 0 heterocycles. The van der Waals surface area contributed by atoms with Gasteiger partial charge < -0.3 is 25.7 Å². The second-order valence-electron chi connectivity index (χ2n) is 9.32. The molecule has 6 nitrogen and oxygen atoms in total. The summed E-state index contributed by atoms with van der Waals surface area (Å²) in [4.78, 5) is 10.3. The maximum absolute atomic E-state index is 10.3. The van der Waals surface area contributed by atoms with E-state index in [0.29, 0.717) is 13.0 Å². The number of benzene rings is 1. The van der Waals surface area contributed by atoms with Crippen LogP contribution < -0.4 is 5.32 Å². The minimum atomic E-state index is -0.653. The minimum Gasteiger partial charge on any atom is -0.481 e. The Labute approximate surface area is 245 Å². The quantitative estimate of drug-likeness (QED) is 0.0830. The minimum absolute atomic E-state index is 0. The normalized spacial score (nSPS) is 10.3. The largest absolute Gasteiger partial charge is 0.481 e. The van der Waals surface area contributed by atoms with E-state index in [2.05, 4.69) is 12.2 Å². The summed E-state index contributed by atoms with van der Waals surface area (Å²) in [5.74, 6) is -0.653. The van der Waals surface area contributed by atoms with Gasteiger partial charge in [-0.1, -0.05) is 115 Å². The number of unbranched alkanes of at least 4 members (excludes halogenated alkanes) is 14. The van der Waals surface area contributed by atoms with Crippen LogP contribution in [0.4, 0.5) is 5.69 Å². The van der Waals surface area contributed by atoms with Crippen molar-refractivity contribution in [2.45, 2.75) is 137 Å². The van der Waals surface area contributed by atoms with Crippen molar-refractivity contribution in [1.82, 2.24) is 0 Å². The van der Waals surface area contributed by atoms with Crippen LogP contribution in [-0.4, -0.2) is 52.3 Å². The Kier molecular flexibility index (Phi) is 46.7. The van der Waals surface area contributed by atoms with E-state index in [1.807, 2.05) is 30.3 Å². The third-order valence-corrected chi connectivity index (χ3v) is 5.37. The van der Waals surface area contributed by atoms with Gasteiger partial charge in [0, 0.05) is 48.9 Å². The van der Waals surface area contributed by atoms with Crippen molar-refractivity contribution in [2.75, 3.05) is 25.1 Å². The van der Waals surface area contributed by atoms with E-state index in [1.165, 1.54) is 83.5 Å². The Morgan fingerprint density at radius 2 is 1.05 bits per heavy atom. The van der Waals surface area contributed by atoms with Crippen molar-refractivity contribution >= 4 is 11.7 Å². The van der Waals surface area contributed by atoms with Gasteiger partial charge in [0.25, 0.3) is 0 Å². The van der Waals surface area contributed by atoms with Crippen LogP contribution >= 0.6 is 0 Å². The number of anilines is 1. The molecule has 1 radical (unpaired) electrons. The summed E-state index contributed by atoms with van der Waals surface area (Å²) in [6.07, 6.45) is 19.9. The molecular formula is C31H61CuNO5. The van der Waals surface area contributed by atoms with E-state index in [0.717, 1.165) is 18.5 Å². The van der Waals surface area contributed by atoms with E-state index in [-0.39, 0.29) is 36.4 Å². The van der Waals surface area contributed by atoms with Crippen LogP contribution in [0.15, 0.2) is 30.3 Å². The Balaban J connectivity index is -0.000000268. The predicted molar refractivity (Wildman–Crippen MR) is 159 cm³/mol. The van der Waals surface area contributed by atoms with E-state index in [1.54, 1.807) is 20.8 Å². The first-order chi connectivity index (χ1) is 17.9. The van der Waals surface area contributed by atoms with Gasteiger partial charge in [0.05, 0.1) is 6.10 Å². The zero-order valence-electron chi connectivity index (χ0n) is 24.9. The molecular weight excluding hydrogens is 530 g/mol. The Hall–Kier alpha value is -1.11. The smallest absolute Gasteiger partial charge is 0.303 e. The number of rotatable bonds is 19. The van der Waals surface area contributed by atoms with Gasteiger partial charge in [-0.3, -0.25) is 4.79 Å². The Morgan fingerprint density at radius 3 is 1.37 bits per heavy atom. The maximum atomic E-state index is 10.3. The van der Waals surface area contributed by atoms with Gasteiger partial charge >= 0.3 is 5.97 Å². The fraction of sp³-hybridized carbons (Fsp3) is 0.774. The first-order valence-electron chi connectivity index (χ1n) is 14.8. The Morgan fingerprint density at radius 1 is 0.711 bits per heavy atom. The van der Waals surface area contributed by atoms with Crippen molar-refractivity contribution in [3.63, 3.8) is 0 Å². The fourth-order valence-corrected chi connectivity index (χ4v) is 3.47. The maximum Gasteiger partial charge on any atom is 0.303 e. The molecule has 0 aliphatic carbocycles. The SMILES string of the molecule is CC(O)CNc1ccccc1.CCCCCCCCCCCCCCCCCC(=O)O.CCO.CCO.[Cu]. The molecule has 0 spiro atoms. The molecule has 0 fully saturated rings. The molecule has 1 unspecified atom stereocenters. The van der Waals surface area contributed by atoms with Crippen molar-refractivity contribution in [3.8, 4) is 0 Å². The van der Waals surface area contributed by atoms with Crippen LogP contribution in [0, 0.1) is 0 Å². The predicted octanol–water partition coefficient (Wildman–Crippen LogP) is 7.81. The molecule has 5 N–H and O–H groups in total. The summed E-state index contributed by atoms with van der Waals surface area (Å²) in [5.41, 5.74) is 1.05. The second-order valence-corrected chi connectivity index (χ2v) is 9.32.